The van der Waals surface area contributed by atoms with E-state index in [-0.39, 0.29) is 21.9 Å². The molecule has 0 aliphatic carbocycles. The van der Waals surface area contributed by atoms with Crippen molar-refractivity contribution < 1.29 is 15.1 Å². The van der Waals surface area contributed by atoms with Crippen molar-refractivity contribution in [2.45, 2.75) is 13.8 Å². The van der Waals surface area contributed by atoms with Gasteiger partial charge in [0.05, 0.1) is 15.6 Å². The fraction of sp³-hybridized carbons (Fsp3) is 0.133. The van der Waals surface area contributed by atoms with Crippen LogP contribution in [0, 0.1) is 24.0 Å². The standard InChI is InChI=1S/C15H13ClN2O4/c1-8-12(7-17-10-4-3-5-11(19)6-10)15(20)14(18(21)22)9(2)13(8)16/h3-7,19-20H,1-2H3. The topological polar surface area (TPSA) is 96.0 Å². The largest absolute Gasteiger partial charge is 0.508 e. The van der Waals surface area contributed by atoms with Gasteiger partial charge in [-0.1, -0.05) is 17.7 Å². The van der Waals surface area contributed by atoms with Gasteiger partial charge in [-0.25, -0.2) is 0 Å². The number of halogens is 1. The molecule has 2 aromatic rings. The molecule has 6 nitrogen and oxygen atoms in total. The lowest BCUT2D eigenvalue weighted by atomic mass is 10.0. The van der Waals surface area contributed by atoms with Gasteiger partial charge < -0.3 is 10.2 Å². The summed E-state index contributed by atoms with van der Waals surface area (Å²) in [5.41, 5.74) is 0.874. The zero-order chi connectivity index (χ0) is 16.4. The fourth-order valence-electron chi connectivity index (χ4n) is 2.08. The van der Waals surface area contributed by atoms with Gasteiger partial charge in [-0.2, -0.15) is 0 Å². The summed E-state index contributed by atoms with van der Waals surface area (Å²) in [6.45, 7) is 3.12. The number of aromatic hydroxyl groups is 2. The number of nitrogens with zero attached hydrogens (tertiary/aromatic N) is 2. The van der Waals surface area contributed by atoms with Crippen molar-refractivity contribution in [2.75, 3.05) is 0 Å². The summed E-state index contributed by atoms with van der Waals surface area (Å²) in [5.74, 6) is -0.434. The molecule has 2 aromatic carbocycles. The Labute approximate surface area is 131 Å². The molecule has 0 heterocycles. The number of rotatable bonds is 3. The van der Waals surface area contributed by atoms with Crippen molar-refractivity contribution in [2.24, 2.45) is 4.99 Å². The summed E-state index contributed by atoms with van der Waals surface area (Å²) in [4.78, 5) is 14.5. The van der Waals surface area contributed by atoms with Crippen LogP contribution in [0.5, 0.6) is 11.5 Å². The molecule has 2 N–H and O–H groups in total. The molecule has 0 aliphatic heterocycles. The molecule has 0 saturated heterocycles. The van der Waals surface area contributed by atoms with Crippen molar-refractivity contribution in [1.29, 1.82) is 0 Å². The third-order valence-corrected chi connectivity index (χ3v) is 3.82. The third-order valence-electron chi connectivity index (χ3n) is 3.25. The molecular weight excluding hydrogens is 308 g/mol. The van der Waals surface area contributed by atoms with E-state index in [0.717, 1.165) is 0 Å². The molecule has 0 fully saturated rings. The fourth-order valence-corrected chi connectivity index (χ4v) is 2.27. The second-order valence-corrected chi connectivity index (χ2v) is 5.09. The average Bonchev–Trinajstić information content (AvgIpc) is 2.45. The zero-order valence-corrected chi connectivity index (χ0v) is 12.6. The number of phenolic OH excluding ortho intramolecular Hbond substituents is 2. The first-order chi connectivity index (χ1) is 10.3. The second kappa shape index (κ2) is 6.03. The van der Waals surface area contributed by atoms with Crippen molar-refractivity contribution >= 4 is 29.2 Å². The Bertz CT molecular complexity index is 788. The molecule has 2 rings (SSSR count). The van der Waals surface area contributed by atoms with Gasteiger partial charge in [-0.05, 0) is 31.5 Å². The average molecular weight is 321 g/mol. The van der Waals surface area contributed by atoms with E-state index < -0.39 is 16.4 Å². The summed E-state index contributed by atoms with van der Waals surface area (Å²) in [5, 5.41) is 30.8. The van der Waals surface area contributed by atoms with E-state index in [2.05, 4.69) is 4.99 Å². The first kappa shape index (κ1) is 15.8. The van der Waals surface area contributed by atoms with Gasteiger partial charge in [0.1, 0.15) is 5.75 Å². The number of aliphatic imine (C=N–C) groups is 1. The minimum Gasteiger partial charge on any atom is -0.508 e. The number of hydrogen-bond acceptors (Lipinski definition) is 5. The monoisotopic (exact) mass is 320 g/mol. The van der Waals surface area contributed by atoms with Crippen molar-refractivity contribution in [3.63, 3.8) is 0 Å². The van der Waals surface area contributed by atoms with Crippen LogP contribution in [0.15, 0.2) is 29.3 Å². The number of hydrogen-bond donors (Lipinski definition) is 2. The Kier molecular flexibility index (Phi) is 4.32. The molecule has 22 heavy (non-hydrogen) atoms. The first-order valence-corrected chi connectivity index (χ1v) is 6.69. The van der Waals surface area contributed by atoms with E-state index in [9.17, 15) is 20.3 Å². The Morgan fingerprint density at radius 2 is 1.95 bits per heavy atom. The zero-order valence-electron chi connectivity index (χ0n) is 11.9. The predicted molar refractivity (Wildman–Crippen MR) is 84.6 cm³/mol. The smallest absolute Gasteiger partial charge is 0.315 e. The van der Waals surface area contributed by atoms with Gasteiger partial charge in [-0.3, -0.25) is 15.1 Å². The Morgan fingerprint density at radius 1 is 1.27 bits per heavy atom. The van der Waals surface area contributed by atoms with Gasteiger partial charge in [0.25, 0.3) is 0 Å². The predicted octanol–water partition coefficient (Wildman–Crippen LogP) is 4.03. The number of nitro benzene ring substituents is 1. The molecule has 0 atom stereocenters. The highest BCUT2D eigenvalue weighted by Crippen LogP contribution is 2.40. The van der Waals surface area contributed by atoms with Crippen LogP contribution in [0.4, 0.5) is 11.4 Å². The molecular formula is C15H13ClN2O4. The lowest BCUT2D eigenvalue weighted by Gasteiger charge is -2.10. The van der Waals surface area contributed by atoms with E-state index in [0.29, 0.717) is 11.3 Å². The summed E-state index contributed by atoms with van der Waals surface area (Å²) in [6, 6.07) is 6.18. The lowest BCUT2D eigenvalue weighted by molar-refractivity contribution is -0.386. The minimum atomic E-state index is -0.679. The molecule has 0 aromatic heterocycles. The van der Waals surface area contributed by atoms with Gasteiger partial charge in [-0.15, -0.1) is 0 Å². The van der Waals surface area contributed by atoms with Crippen LogP contribution >= 0.6 is 11.6 Å². The third kappa shape index (κ3) is 2.87. The van der Waals surface area contributed by atoms with Gasteiger partial charge in [0.15, 0.2) is 0 Å². The highest BCUT2D eigenvalue weighted by molar-refractivity contribution is 6.33. The molecule has 0 spiro atoms. The van der Waals surface area contributed by atoms with Crippen LogP contribution in [0.3, 0.4) is 0 Å². The minimum absolute atomic E-state index is 0.0449. The van der Waals surface area contributed by atoms with Crippen LogP contribution in [0.2, 0.25) is 5.02 Å². The summed E-state index contributed by atoms with van der Waals surface area (Å²) < 4.78 is 0. The summed E-state index contributed by atoms with van der Waals surface area (Å²) >= 11 is 6.09. The SMILES string of the molecule is Cc1c(Cl)c(C)c([N+](=O)[O-])c(O)c1C=Nc1cccc(O)c1. The lowest BCUT2D eigenvalue weighted by Crippen LogP contribution is -1.99. The maximum atomic E-state index is 11.1. The molecule has 0 aliphatic rings. The normalized spacial score (nSPS) is 11.0. The van der Waals surface area contributed by atoms with Crippen LogP contribution in [-0.2, 0) is 0 Å². The van der Waals surface area contributed by atoms with Crippen LogP contribution in [-0.4, -0.2) is 21.4 Å². The molecule has 0 bridgehead atoms. The Morgan fingerprint density at radius 3 is 2.55 bits per heavy atom. The first-order valence-electron chi connectivity index (χ1n) is 6.32. The Hall–Kier alpha value is -2.60. The van der Waals surface area contributed by atoms with E-state index in [1.807, 2.05) is 0 Å². The quantitative estimate of drug-likeness (QED) is 0.507. The highest BCUT2D eigenvalue weighted by Gasteiger charge is 2.25. The van der Waals surface area contributed by atoms with Crippen molar-refractivity contribution in [3.8, 4) is 11.5 Å². The Balaban J connectivity index is 2.58. The maximum Gasteiger partial charge on any atom is 0.315 e. The molecule has 0 saturated carbocycles. The molecule has 7 heteroatoms. The van der Waals surface area contributed by atoms with Gasteiger partial charge in [0, 0.05) is 23.4 Å². The summed E-state index contributed by atoms with van der Waals surface area (Å²) in [6.07, 6.45) is 1.29. The van der Waals surface area contributed by atoms with Crippen molar-refractivity contribution in [3.05, 3.63) is 56.1 Å². The molecule has 0 amide bonds. The van der Waals surface area contributed by atoms with Gasteiger partial charge in [0.2, 0.25) is 5.75 Å². The van der Waals surface area contributed by atoms with Crippen LogP contribution in [0.25, 0.3) is 0 Å². The number of nitro groups is 1. The number of benzene rings is 2. The van der Waals surface area contributed by atoms with E-state index in [4.69, 9.17) is 11.6 Å². The van der Waals surface area contributed by atoms with E-state index >= 15 is 0 Å². The van der Waals surface area contributed by atoms with Gasteiger partial charge >= 0.3 is 5.69 Å². The molecule has 114 valence electrons. The van der Waals surface area contributed by atoms with Crippen molar-refractivity contribution in [1.82, 2.24) is 0 Å². The maximum absolute atomic E-state index is 11.1. The van der Waals surface area contributed by atoms with Crippen LogP contribution < -0.4 is 0 Å². The summed E-state index contributed by atoms with van der Waals surface area (Å²) in [7, 11) is 0. The molecule has 0 radical (unpaired) electrons. The van der Waals surface area contributed by atoms with Crippen LogP contribution in [0.1, 0.15) is 16.7 Å². The second-order valence-electron chi connectivity index (χ2n) is 4.71. The molecule has 0 unspecified atom stereocenters. The number of phenols is 2. The van der Waals surface area contributed by atoms with E-state index in [1.54, 1.807) is 19.1 Å². The highest BCUT2D eigenvalue weighted by atomic mass is 35.5. The van der Waals surface area contributed by atoms with E-state index in [1.165, 1.54) is 25.3 Å².